The van der Waals surface area contributed by atoms with Crippen molar-refractivity contribution in [1.29, 1.82) is 0 Å². The van der Waals surface area contributed by atoms with Crippen molar-refractivity contribution in [2.75, 3.05) is 0 Å². The molecular formula is C9H17BrO2. The number of hydrogen-bond donors (Lipinski definition) is 1. The molecule has 0 bridgehead atoms. The van der Waals surface area contributed by atoms with E-state index >= 15 is 0 Å². The Kier molecular flexibility index (Phi) is 7.56. The average Bonchev–Trinajstić information content (AvgIpc) is 2.03. The summed E-state index contributed by atoms with van der Waals surface area (Å²) >= 11 is 3.54. The van der Waals surface area contributed by atoms with Crippen molar-refractivity contribution >= 4 is 21.9 Å². The van der Waals surface area contributed by atoms with Crippen molar-refractivity contribution in [3.63, 3.8) is 0 Å². The molecule has 3 heteroatoms. The second kappa shape index (κ2) is 7.59. The highest BCUT2D eigenvalue weighted by atomic mass is 79.9. The van der Waals surface area contributed by atoms with Gasteiger partial charge in [-0.25, -0.2) is 0 Å². The first-order valence-electron chi connectivity index (χ1n) is 4.52. The Balaban J connectivity index is 3.05. The zero-order valence-corrected chi connectivity index (χ0v) is 9.14. The van der Waals surface area contributed by atoms with Crippen LogP contribution in [0.4, 0.5) is 0 Å². The lowest BCUT2D eigenvalue weighted by molar-refractivity contribution is -0.137. The van der Waals surface area contributed by atoms with Crippen LogP contribution in [0.5, 0.6) is 0 Å². The molecule has 0 rings (SSSR count). The number of rotatable bonds is 7. The van der Waals surface area contributed by atoms with Crippen molar-refractivity contribution < 1.29 is 9.90 Å². The highest BCUT2D eigenvalue weighted by Crippen LogP contribution is 2.14. The molecular weight excluding hydrogens is 220 g/mol. The van der Waals surface area contributed by atoms with Crippen molar-refractivity contribution in [3.8, 4) is 0 Å². The summed E-state index contributed by atoms with van der Waals surface area (Å²) in [6, 6.07) is 0. The summed E-state index contributed by atoms with van der Waals surface area (Å²) in [5, 5.41) is 8.36. The molecule has 0 radical (unpaired) electrons. The number of carbonyl (C=O) groups is 1. The van der Waals surface area contributed by atoms with Crippen LogP contribution in [0.2, 0.25) is 0 Å². The van der Waals surface area contributed by atoms with Crippen LogP contribution in [0.15, 0.2) is 0 Å². The van der Waals surface area contributed by atoms with Crippen molar-refractivity contribution in [1.82, 2.24) is 0 Å². The van der Waals surface area contributed by atoms with Gasteiger partial charge in [-0.15, -0.1) is 0 Å². The van der Waals surface area contributed by atoms with Crippen LogP contribution in [0.1, 0.15) is 45.4 Å². The smallest absolute Gasteiger partial charge is 0.303 e. The van der Waals surface area contributed by atoms with Crippen molar-refractivity contribution in [3.05, 3.63) is 0 Å². The second-order valence-electron chi connectivity index (χ2n) is 3.00. The van der Waals surface area contributed by atoms with E-state index in [9.17, 15) is 4.79 Å². The van der Waals surface area contributed by atoms with E-state index in [1.807, 2.05) is 0 Å². The highest BCUT2D eigenvalue weighted by molar-refractivity contribution is 9.09. The number of aliphatic carboxylic acids is 1. The Morgan fingerprint density at radius 3 is 2.58 bits per heavy atom. The summed E-state index contributed by atoms with van der Waals surface area (Å²) in [5.74, 6) is -0.680. The third-order valence-corrected chi connectivity index (χ3v) is 2.96. The molecule has 0 aromatic rings. The fourth-order valence-corrected chi connectivity index (χ4v) is 1.35. The van der Waals surface area contributed by atoms with Gasteiger partial charge >= 0.3 is 5.97 Å². The first-order valence-corrected chi connectivity index (χ1v) is 5.44. The minimum atomic E-state index is -0.680. The molecule has 0 aromatic heterocycles. The molecule has 12 heavy (non-hydrogen) atoms. The lowest BCUT2D eigenvalue weighted by Crippen LogP contribution is -1.96. The van der Waals surface area contributed by atoms with E-state index in [0.29, 0.717) is 11.2 Å². The van der Waals surface area contributed by atoms with Gasteiger partial charge in [0.1, 0.15) is 0 Å². The van der Waals surface area contributed by atoms with E-state index in [1.54, 1.807) is 0 Å². The van der Waals surface area contributed by atoms with Gasteiger partial charge in [0.2, 0.25) is 0 Å². The van der Waals surface area contributed by atoms with E-state index in [2.05, 4.69) is 22.9 Å². The molecule has 0 fully saturated rings. The number of unbranched alkanes of at least 4 members (excludes halogenated alkanes) is 2. The molecule has 0 amide bonds. The van der Waals surface area contributed by atoms with Gasteiger partial charge in [0, 0.05) is 11.2 Å². The predicted molar refractivity (Wildman–Crippen MR) is 53.7 cm³/mol. The van der Waals surface area contributed by atoms with Gasteiger partial charge in [-0.3, -0.25) is 4.79 Å². The maximum absolute atomic E-state index is 10.1. The fourth-order valence-electron chi connectivity index (χ4n) is 1.02. The average molecular weight is 237 g/mol. The van der Waals surface area contributed by atoms with Gasteiger partial charge in [0.15, 0.2) is 0 Å². The standard InChI is InChI=1S/C9H17BrO2/c1-2-8(10)6-4-3-5-7-9(11)12/h8H,2-7H2,1H3,(H,11,12). The Morgan fingerprint density at radius 2 is 2.08 bits per heavy atom. The Bertz CT molecular complexity index is 126. The minimum absolute atomic E-state index is 0.319. The highest BCUT2D eigenvalue weighted by Gasteiger charge is 2.00. The van der Waals surface area contributed by atoms with Crippen LogP contribution < -0.4 is 0 Å². The molecule has 0 aliphatic carbocycles. The Labute approximate surface area is 82.5 Å². The quantitative estimate of drug-likeness (QED) is 0.545. The molecule has 2 nitrogen and oxygen atoms in total. The first-order chi connectivity index (χ1) is 5.66. The van der Waals surface area contributed by atoms with Crippen LogP contribution >= 0.6 is 15.9 Å². The Morgan fingerprint density at radius 1 is 1.42 bits per heavy atom. The van der Waals surface area contributed by atoms with Crippen LogP contribution in [-0.2, 0) is 4.79 Å². The molecule has 0 saturated carbocycles. The zero-order chi connectivity index (χ0) is 9.40. The molecule has 0 spiro atoms. The lowest BCUT2D eigenvalue weighted by Gasteiger charge is -2.04. The Hall–Kier alpha value is -0.0500. The molecule has 0 saturated heterocycles. The van der Waals surface area contributed by atoms with Gasteiger partial charge in [-0.05, 0) is 19.3 Å². The minimum Gasteiger partial charge on any atom is -0.481 e. The van der Waals surface area contributed by atoms with Crippen molar-refractivity contribution in [2.24, 2.45) is 0 Å². The summed E-state index contributed by atoms with van der Waals surface area (Å²) < 4.78 is 0. The molecule has 1 atom stereocenters. The second-order valence-corrected chi connectivity index (χ2v) is 4.29. The third-order valence-electron chi connectivity index (χ3n) is 1.85. The van der Waals surface area contributed by atoms with Gasteiger partial charge in [0.05, 0.1) is 0 Å². The maximum atomic E-state index is 10.1. The van der Waals surface area contributed by atoms with Gasteiger partial charge in [-0.1, -0.05) is 35.7 Å². The van der Waals surface area contributed by atoms with E-state index < -0.39 is 5.97 Å². The predicted octanol–water partition coefficient (Wildman–Crippen LogP) is 3.20. The largest absolute Gasteiger partial charge is 0.481 e. The first kappa shape index (κ1) is 11.9. The summed E-state index contributed by atoms with van der Waals surface area (Å²) in [7, 11) is 0. The molecule has 0 aromatic carbocycles. The van der Waals surface area contributed by atoms with Gasteiger partial charge in [-0.2, -0.15) is 0 Å². The topological polar surface area (TPSA) is 37.3 Å². The molecule has 1 unspecified atom stereocenters. The molecule has 0 aliphatic heterocycles. The van der Waals surface area contributed by atoms with E-state index in [1.165, 1.54) is 0 Å². The number of carboxylic acids is 1. The van der Waals surface area contributed by atoms with E-state index in [0.717, 1.165) is 32.1 Å². The van der Waals surface area contributed by atoms with Crippen LogP contribution in [0.3, 0.4) is 0 Å². The molecule has 72 valence electrons. The number of hydrogen-bond acceptors (Lipinski definition) is 1. The number of carboxylic acid groups (broad SMARTS) is 1. The van der Waals surface area contributed by atoms with Crippen LogP contribution in [0.25, 0.3) is 0 Å². The maximum Gasteiger partial charge on any atom is 0.303 e. The summed E-state index contributed by atoms with van der Waals surface area (Å²) in [4.78, 5) is 10.8. The number of alkyl halides is 1. The van der Waals surface area contributed by atoms with Crippen LogP contribution in [0, 0.1) is 0 Å². The van der Waals surface area contributed by atoms with Crippen molar-refractivity contribution in [2.45, 2.75) is 50.3 Å². The normalized spacial score (nSPS) is 12.8. The van der Waals surface area contributed by atoms with Gasteiger partial charge in [0.25, 0.3) is 0 Å². The van der Waals surface area contributed by atoms with E-state index in [-0.39, 0.29) is 0 Å². The van der Waals surface area contributed by atoms with Crippen LogP contribution in [-0.4, -0.2) is 15.9 Å². The summed E-state index contributed by atoms with van der Waals surface area (Å²) in [5.41, 5.74) is 0. The lowest BCUT2D eigenvalue weighted by atomic mass is 10.1. The fraction of sp³-hybridized carbons (Fsp3) is 0.889. The molecule has 0 aliphatic rings. The molecule has 0 heterocycles. The summed E-state index contributed by atoms with van der Waals surface area (Å²) in [6.45, 7) is 2.15. The number of halogens is 1. The summed E-state index contributed by atoms with van der Waals surface area (Å²) in [6.07, 6.45) is 5.62. The SMILES string of the molecule is CCC(Br)CCCCCC(=O)O. The third kappa shape index (κ3) is 8.05. The van der Waals surface area contributed by atoms with E-state index in [4.69, 9.17) is 5.11 Å². The molecule has 1 N–H and O–H groups in total. The zero-order valence-electron chi connectivity index (χ0n) is 7.55. The monoisotopic (exact) mass is 236 g/mol. The van der Waals surface area contributed by atoms with Gasteiger partial charge < -0.3 is 5.11 Å².